The quantitative estimate of drug-likeness (QED) is 0.528. The Labute approximate surface area is 208 Å². The van der Waals surface area contributed by atoms with Crippen LogP contribution in [0.2, 0.25) is 0 Å². The zero-order chi connectivity index (χ0) is 25.6. The highest BCUT2D eigenvalue weighted by Crippen LogP contribution is 2.38. The fourth-order valence-corrected chi connectivity index (χ4v) is 4.37. The molecule has 0 fully saturated rings. The van der Waals surface area contributed by atoms with Gasteiger partial charge in [-0.25, -0.2) is 9.78 Å². The molecule has 2 aliphatic heterocycles. The molecule has 0 spiro atoms. The molecule has 0 saturated carbocycles. The maximum Gasteiger partial charge on any atom is 0.416 e. The maximum absolute atomic E-state index is 13.1. The Bertz CT molecular complexity index is 1340. The van der Waals surface area contributed by atoms with Crippen LogP contribution in [-0.2, 0) is 22.5 Å². The third-order valence-corrected chi connectivity index (χ3v) is 5.95. The summed E-state index contributed by atoms with van der Waals surface area (Å²) in [6, 6.07) is 5.51. The number of rotatable bonds is 1. The Morgan fingerprint density at radius 3 is 2.83 bits per heavy atom. The molecule has 1 atom stereocenters. The molecule has 190 valence electrons. The van der Waals surface area contributed by atoms with Crippen LogP contribution in [0.5, 0.6) is 5.75 Å². The van der Waals surface area contributed by atoms with Crippen molar-refractivity contribution in [2.24, 2.45) is 0 Å². The van der Waals surface area contributed by atoms with Gasteiger partial charge in [0, 0.05) is 18.2 Å². The first-order valence-corrected chi connectivity index (χ1v) is 11.9. The van der Waals surface area contributed by atoms with Crippen LogP contribution >= 0.6 is 0 Å². The summed E-state index contributed by atoms with van der Waals surface area (Å²) in [6.45, 7) is 8.43. The van der Waals surface area contributed by atoms with E-state index in [2.05, 4.69) is 15.7 Å². The maximum atomic E-state index is 13.1. The van der Waals surface area contributed by atoms with E-state index >= 15 is 0 Å². The van der Waals surface area contributed by atoms with Gasteiger partial charge in [-0.1, -0.05) is 6.07 Å². The summed E-state index contributed by atoms with van der Waals surface area (Å²) in [5.74, 6) is 1.34. The minimum absolute atomic E-state index is 0.238. The Hall–Kier alpha value is -3.86. The van der Waals surface area contributed by atoms with Crippen molar-refractivity contribution in [1.29, 1.82) is 0 Å². The summed E-state index contributed by atoms with van der Waals surface area (Å²) < 4.78 is 18.6. The van der Waals surface area contributed by atoms with Crippen LogP contribution in [0, 0.1) is 0 Å². The van der Waals surface area contributed by atoms with E-state index in [1.54, 1.807) is 12.0 Å². The van der Waals surface area contributed by atoms with Crippen molar-refractivity contribution < 1.29 is 23.8 Å². The van der Waals surface area contributed by atoms with Gasteiger partial charge in [0.25, 0.3) is 5.91 Å². The molecule has 1 aromatic carbocycles. The molecule has 2 aliphatic rings. The summed E-state index contributed by atoms with van der Waals surface area (Å²) >= 11 is 0. The topological polar surface area (TPSA) is 119 Å². The molecular formula is C25H30N6O5. The Balaban J connectivity index is 1.70. The predicted molar refractivity (Wildman–Crippen MR) is 133 cm³/mol. The fourth-order valence-electron chi connectivity index (χ4n) is 4.37. The minimum Gasteiger partial charge on any atom is -0.495 e. The second kappa shape index (κ2) is 8.98. The molecule has 0 aliphatic carbocycles. The second-order valence-electron chi connectivity index (χ2n) is 9.99. The van der Waals surface area contributed by atoms with Crippen LogP contribution in [0.15, 0.2) is 24.4 Å². The smallest absolute Gasteiger partial charge is 0.416 e. The zero-order valence-electron chi connectivity index (χ0n) is 21.0. The van der Waals surface area contributed by atoms with E-state index in [0.717, 1.165) is 11.1 Å². The molecule has 36 heavy (non-hydrogen) atoms. The molecular weight excluding hydrogens is 464 g/mol. The van der Waals surface area contributed by atoms with Gasteiger partial charge in [0.2, 0.25) is 0 Å². The molecule has 3 aromatic rings. The Morgan fingerprint density at radius 1 is 1.28 bits per heavy atom. The molecule has 4 bridgehead atoms. The molecule has 11 nitrogen and oxygen atoms in total. The highest BCUT2D eigenvalue weighted by Gasteiger charge is 2.35. The third kappa shape index (κ3) is 4.41. The normalized spacial score (nSPS) is 17.9. The summed E-state index contributed by atoms with van der Waals surface area (Å²) in [5.41, 5.74) is 2.37. The van der Waals surface area contributed by atoms with Crippen LogP contribution in [0.3, 0.4) is 0 Å². The number of nitrogens with zero attached hydrogens (tertiary/aromatic N) is 4. The van der Waals surface area contributed by atoms with E-state index in [1.807, 2.05) is 45.9 Å². The molecule has 0 radical (unpaired) electrons. The number of benzene rings is 1. The van der Waals surface area contributed by atoms with E-state index in [4.69, 9.17) is 19.2 Å². The number of aromatic nitrogens is 3. The minimum atomic E-state index is -0.665. The molecule has 2 N–H and O–H groups in total. The van der Waals surface area contributed by atoms with E-state index in [-0.39, 0.29) is 11.9 Å². The first kappa shape index (κ1) is 23.9. The summed E-state index contributed by atoms with van der Waals surface area (Å²) in [6.07, 6.45) is 1.51. The molecule has 0 saturated heterocycles. The molecule has 2 amide bonds. The van der Waals surface area contributed by atoms with Gasteiger partial charge >= 0.3 is 6.09 Å². The van der Waals surface area contributed by atoms with Crippen LogP contribution < -0.4 is 20.3 Å². The summed E-state index contributed by atoms with van der Waals surface area (Å²) in [4.78, 5) is 32.6. The van der Waals surface area contributed by atoms with Crippen molar-refractivity contribution in [1.82, 2.24) is 19.9 Å². The molecule has 0 unspecified atom stereocenters. The Morgan fingerprint density at radius 2 is 2.08 bits per heavy atom. The first-order chi connectivity index (χ1) is 17.1. The lowest BCUT2D eigenvalue weighted by Gasteiger charge is -2.25. The number of fused-ring (bicyclic) bond motifs is 6. The van der Waals surface area contributed by atoms with E-state index in [1.165, 1.54) is 10.7 Å². The SMILES string of the molecule is COc1ccc2cc1Nc1nc3c(cnn3c3c1CCN3C(=O)OC(C)(C)C)C(=O)N[C@@H](C)COC2. The van der Waals surface area contributed by atoms with Crippen LogP contribution in [-0.4, -0.2) is 58.5 Å². The number of amides is 2. The lowest BCUT2D eigenvalue weighted by atomic mass is 10.1. The summed E-state index contributed by atoms with van der Waals surface area (Å²) in [7, 11) is 1.60. The third-order valence-electron chi connectivity index (χ3n) is 5.95. The van der Waals surface area contributed by atoms with Crippen molar-refractivity contribution in [3.63, 3.8) is 0 Å². The number of methoxy groups -OCH3 is 1. The van der Waals surface area contributed by atoms with Gasteiger partial charge in [-0.15, -0.1) is 0 Å². The average Bonchev–Trinajstić information content (AvgIpc) is 3.42. The number of hydrogen-bond donors (Lipinski definition) is 2. The number of anilines is 3. The molecule has 5 rings (SSSR count). The number of ether oxygens (including phenoxy) is 3. The molecule has 11 heteroatoms. The monoisotopic (exact) mass is 494 g/mol. The number of nitrogens with one attached hydrogen (secondary N) is 2. The van der Waals surface area contributed by atoms with Gasteiger partial charge in [0.15, 0.2) is 5.65 Å². The first-order valence-electron chi connectivity index (χ1n) is 11.9. The fraction of sp³-hybridized carbons (Fsp3) is 0.440. The second-order valence-corrected chi connectivity index (χ2v) is 9.99. The van der Waals surface area contributed by atoms with E-state index < -0.39 is 11.7 Å². The zero-order valence-corrected chi connectivity index (χ0v) is 21.0. The van der Waals surface area contributed by atoms with Crippen molar-refractivity contribution in [2.45, 2.75) is 52.4 Å². The van der Waals surface area contributed by atoms with Crippen LogP contribution in [0.1, 0.15) is 49.2 Å². The van der Waals surface area contributed by atoms with Gasteiger partial charge < -0.3 is 24.8 Å². The highest BCUT2D eigenvalue weighted by molar-refractivity contribution is 6.01. The molecule has 2 aromatic heterocycles. The van der Waals surface area contributed by atoms with E-state index in [9.17, 15) is 9.59 Å². The van der Waals surface area contributed by atoms with Gasteiger partial charge in [-0.05, 0) is 51.8 Å². The van der Waals surface area contributed by atoms with Crippen LogP contribution in [0.4, 0.5) is 22.1 Å². The van der Waals surface area contributed by atoms with Gasteiger partial charge in [0.05, 0.1) is 32.2 Å². The molecule has 4 heterocycles. The number of hydrogen-bond acceptors (Lipinski definition) is 8. The highest BCUT2D eigenvalue weighted by atomic mass is 16.6. The lowest BCUT2D eigenvalue weighted by molar-refractivity contribution is 0.0582. The van der Waals surface area contributed by atoms with Crippen LogP contribution in [0.25, 0.3) is 5.65 Å². The largest absolute Gasteiger partial charge is 0.495 e. The van der Waals surface area contributed by atoms with Gasteiger partial charge in [0.1, 0.15) is 28.5 Å². The van der Waals surface area contributed by atoms with Crippen molar-refractivity contribution in [3.8, 4) is 5.75 Å². The van der Waals surface area contributed by atoms with Gasteiger partial charge in [-0.2, -0.15) is 9.61 Å². The summed E-state index contributed by atoms with van der Waals surface area (Å²) in [5, 5.41) is 10.8. The predicted octanol–water partition coefficient (Wildman–Crippen LogP) is 3.43. The number of carbonyl (C=O) groups is 2. The Kier molecular flexibility index (Phi) is 5.95. The van der Waals surface area contributed by atoms with E-state index in [0.29, 0.717) is 60.5 Å². The average molecular weight is 495 g/mol. The standard InChI is InChI=1S/C25H30N6O5/c1-14-12-35-13-15-6-7-19(34-5)18(10-15)28-20-16-8-9-30(24(33)36-25(2,3)4)23(16)31-21(29-20)17(11-26-31)22(32)27-14/h6-7,10-11,14H,8-9,12-13H2,1-5H3,(H,27,32)(H,28,29)/t14-/m0/s1. The number of carbonyl (C=O) groups excluding carboxylic acids is 2. The van der Waals surface area contributed by atoms with Crippen molar-refractivity contribution in [3.05, 3.63) is 41.1 Å². The van der Waals surface area contributed by atoms with Crippen molar-refractivity contribution >= 4 is 35.0 Å². The van der Waals surface area contributed by atoms with Gasteiger partial charge in [-0.3, -0.25) is 9.69 Å². The lowest BCUT2D eigenvalue weighted by Crippen LogP contribution is -2.37. The van der Waals surface area contributed by atoms with Crippen molar-refractivity contribution in [2.75, 3.05) is 30.5 Å².